The minimum atomic E-state index is -0.207. The average Bonchev–Trinajstić information content (AvgIpc) is 3.49. The number of nitrogens with zero attached hydrogens (tertiary/aromatic N) is 4. The second kappa shape index (κ2) is 11.6. The van der Waals surface area contributed by atoms with E-state index in [1.54, 1.807) is 4.90 Å². The number of rotatable bonds is 1. The number of likely N-dealkylation sites (tertiary alicyclic amines) is 2. The van der Waals surface area contributed by atoms with Gasteiger partial charge >= 0.3 is 12.1 Å². The number of piperidine rings is 1. The average molecular weight is 487 g/mol. The molecule has 8 nitrogen and oxygen atoms in total. The zero-order chi connectivity index (χ0) is 24.8. The summed E-state index contributed by atoms with van der Waals surface area (Å²) in [6.45, 7) is 6.42. The molecule has 4 heterocycles. The van der Waals surface area contributed by atoms with Gasteiger partial charge in [0.2, 0.25) is 0 Å². The number of benzene rings is 1. The molecule has 0 aromatic heterocycles. The number of ether oxygens (including phenoxy) is 2. The number of fused-ring (bicyclic) bond motifs is 2. The van der Waals surface area contributed by atoms with Crippen molar-refractivity contribution < 1.29 is 19.1 Å². The molecule has 0 N–H and O–H groups in total. The monoisotopic (exact) mass is 486 g/mol. The molecule has 3 fully saturated rings. The Bertz CT molecular complexity index is 857. The van der Waals surface area contributed by atoms with Crippen LogP contribution in [0.5, 0.6) is 0 Å². The lowest BCUT2D eigenvalue weighted by atomic mass is 9.74. The van der Waals surface area contributed by atoms with E-state index in [1.165, 1.54) is 25.5 Å². The molecule has 4 aliphatic heterocycles. The van der Waals surface area contributed by atoms with Crippen LogP contribution in [-0.4, -0.2) is 100 Å². The van der Waals surface area contributed by atoms with Gasteiger partial charge in [-0.25, -0.2) is 9.59 Å². The number of amides is 3. The fourth-order valence-electron chi connectivity index (χ4n) is 6.05. The van der Waals surface area contributed by atoms with Gasteiger partial charge in [-0.3, -0.25) is 4.90 Å². The number of urea groups is 1. The van der Waals surface area contributed by atoms with E-state index in [4.69, 9.17) is 9.47 Å². The molecule has 0 aliphatic carbocycles. The molecule has 35 heavy (non-hydrogen) atoms. The van der Waals surface area contributed by atoms with Gasteiger partial charge in [0.25, 0.3) is 0 Å². The van der Waals surface area contributed by atoms with Crippen molar-refractivity contribution in [2.24, 2.45) is 0 Å². The van der Waals surface area contributed by atoms with E-state index in [2.05, 4.69) is 23.1 Å². The largest absolute Gasteiger partial charge is 0.453 e. The molecule has 1 spiro atoms. The highest BCUT2D eigenvalue weighted by atomic mass is 16.5. The van der Waals surface area contributed by atoms with Crippen LogP contribution in [0, 0.1) is 0 Å². The maximum Gasteiger partial charge on any atom is 0.409 e. The van der Waals surface area contributed by atoms with Crippen molar-refractivity contribution >= 4 is 17.8 Å². The molecular formula is C27H42N4O4. The Morgan fingerprint density at radius 2 is 1.71 bits per heavy atom. The van der Waals surface area contributed by atoms with Gasteiger partial charge in [-0.15, -0.1) is 0 Å². The molecule has 8 heteroatoms. The molecule has 194 valence electrons. The van der Waals surface area contributed by atoms with Crippen LogP contribution in [0.25, 0.3) is 0 Å². The third-order valence-electron chi connectivity index (χ3n) is 8.07. The summed E-state index contributed by atoms with van der Waals surface area (Å²) >= 11 is 0. The van der Waals surface area contributed by atoms with Gasteiger partial charge in [0.05, 0.1) is 7.11 Å². The van der Waals surface area contributed by atoms with E-state index in [9.17, 15) is 9.59 Å². The fraction of sp³-hybridized carbons (Fsp3) is 0.704. The molecule has 1 atom stereocenters. The topological polar surface area (TPSA) is 65.6 Å². The fourth-order valence-corrected chi connectivity index (χ4v) is 6.05. The Balaban J connectivity index is 0.000000514. The second-order valence-electron chi connectivity index (χ2n) is 10.5. The Morgan fingerprint density at radius 1 is 1.00 bits per heavy atom. The van der Waals surface area contributed by atoms with Crippen LogP contribution in [-0.2, 0) is 14.9 Å². The van der Waals surface area contributed by atoms with Gasteiger partial charge < -0.3 is 24.2 Å². The van der Waals surface area contributed by atoms with E-state index < -0.39 is 0 Å². The number of carbonyl (C=O) groups is 2. The van der Waals surface area contributed by atoms with Gasteiger partial charge in [-0.05, 0) is 69.7 Å². The maximum absolute atomic E-state index is 12.8. The highest BCUT2D eigenvalue weighted by Gasteiger charge is 2.47. The van der Waals surface area contributed by atoms with E-state index >= 15 is 0 Å². The van der Waals surface area contributed by atoms with Crippen molar-refractivity contribution in [2.45, 2.75) is 56.4 Å². The van der Waals surface area contributed by atoms with Crippen LogP contribution in [0.4, 0.5) is 15.3 Å². The lowest BCUT2D eigenvalue weighted by Gasteiger charge is -2.43. The lowest BCUT2D eigenvalue weighted by molar-refractivity contribution is 0.105. The van der Waals surface area contributed by atoms with Crippen LogP contribution < -0.4 is 4.90 Å². The van der Waals surface area contributed by atoms with Crippen LogP contribution in [0.2, 0.25) is 0 Å². The smallest absolute Gasteiger partial charge is 0.409 e. The molecule has 0 radical (unpaired) electrons. The molecule has 1 aromatic carbocycles. The molecule has 4 aliphatic rings. The number of carbonyl (C=O) groups excluding carboxylic acids is 2. The Labute approximate surface area is 210 Å². The third-order valence-corrected chi connectivity index (χ3v) is 8.07. The SMILES string of the molecule is C1CCOC1.COC(=O)N1CCCC(N2CCC3(CC2)CN(C(=O)N(C)C)c2ccccc23)CC1. The molecule has 0 bridgehead atoms. The normalized spacial score (nSPS) is 23.8. The predicted octanol–water partition coefficient (Wildman–Crippen LogP) is 3.94. The Morgan fingerprint density at radius 3 is 2.34 bits per heavy atom. The number of hydrogen-bond donors (Lipinski definition) is 0. The summed E-state index contributed by atoms with van der Waals surface area (Å²) in [7, 11) is 5.10. The zero-order valence-electron chi connectivity index (χ0n) is 21.7. The zero-order valence-corrected chi connectivity index (χ0v) is 21.7. The highest BCUT2D eigenvalue weighted by molar-refractivity contribution is 5.95. The summed E-state index contributed by atoms with van der Waals surface area (Å²) in [5, 5.41) is 0. The van der Waals surface area contributed by atoms with Gasteiger partial charge in [0.1, 0.15) is 0 Å². The van der Waals surface area contributed by atoms with Gasteiger partial charge in [-0.2, -0.15) is 0 Å². The minimum absolute atomic E-state index is 0.0571. The molecule has 5 rings (SSSR count). The molecule has 1 aromatic rings. The summed E-state index contributed by atoms with van der Waals surface area (Å²) in [6.07, 6.45) is 7.64. The van der Waals surface area contributed by atoms with Gasteiger partial charge in [0.15, 0.2) is 0 Å². The summed E-state index contributed by atoms with van der Waals surface area (Å²) < 4.78 is 9.85. The quantitative estimate of drug-likeness (QED) is 0.602. The van der Waals surface area contributed by atoms with Crippen LogP contribution in [0.15, 0.2) is 24.3 Å². The molecule has 3 amide bonds. The molecule has 3 saturated heterocycles. The Hall–Kier alpha value is -2.32. The first-order valence-electron chi connectivity index (χ1n) is 13.2. The summed E-state index contributed by atoms with van der Waals surface area (Å²) in [5.74, 6) is 0. The highest BCUT2D eigenvalue weighted by Crippen LogP contribution is 2.47. The van der Waals surface area contributed by atoms with E-state index in [1.807, 2.05) is 30.0 Å². The first kappa shape index (κ1) is 25.8. The van der Waals surface area contributed by atoms with Crippen molar-refractivity contribution in [2.75, 3.05) is 72.0 Å². The number of para-hydroxylation sites is 1. The van der Waals surface area contributed by atoms with Crippen molar-refractivity contribution in [1.29, 1.82) is 0 Å². The molecule has 1 unspecified atom stereocenters. The predicted molar refractivity (Wildman–Crippen MR) is 137 cm³/mol. The first-order valence-corrected chi connectivity index (χ1v) is 13.2. The Kier molecular flexibility index (Phi) is 8.55. The summed E-state index contributed by atoms with van der Waals surface area (Å²) in [5.41, 5.74) is 2.46. The van der Waals surface area contributed by atoms with Gasteiger partial charge in [0, 0.05) is 64.1 Å². The minimum Gasteiger partial charge on any atom is -0.453 e. The second-order valence-corrected chi connectivity index (χ2v) is 10.5. The molecular weight excluding hydrogens is 444 g/mol. The number of hydrogen-bond acceptors (Lipinski definition) is 5. The van der Waals surface area contributed by atoms with Crippen LogP contribution >= 0.6 is 0 Å². The van der Waals surface area contributed by atoms with Crippen LogP contribution in [0.3, 0.4) is 0 Å². The van der Waals surface area contributed by atoms with Crippen LogP contribution in [0.1, 0.15) is 50.5 Å². The van der Waals surface area contributed by atoms with Crippen molar-refractivity contribution in [3.63, 3.8) is 0 Å². The number of anilines is 1. The van der Waals surface area contributed by atoms with E-state index in [-0.39, 0.29) is 17.5 Å². The molecule has 0 saturated carbocycles. The standard InChI is InChI=1S/C23H34N4O3.C4H8O/c1-24(2)21(28)27-17-23(19-8-4-5-9-20(19)27)11-15-25(16-12-23)18-7-6-13-26(14-10-18)22(29)30-3;1-2-4-5-3-1/h4-5,8-9,18H,6-7,10-17H2,1-3H3;1-4H2. The van der Waals surface area contributed by atoms with Crippen molar-refractivity contribution in [1.82, 2.24) is 14.7 Å². The maximum atomic E-state index is 12.8. The first-order chi connectivity index (χ1) is 16.9. The third kappa shape index (κ3) is 5.75. The van der Waals surface area contributed by atoms with Crippen molar-refractivity contribution in [3.8, 4) is 0 Å². The summed E-state index contributed by atoms with van der Waals surface area (Å²) in [6, 6.07) is 9.02. The van der Waals surface area contributed by atoms with E-state index in [0.29, 0.717) is 6.04 Å². The summed E-state index contributed by atoms with van der Waals surface area (Å²) in [4.78, 5) is 32.8. The van der Waals surface area contributed by atoms with Crippen molar-refractivity contribution in [3.05, 3.63) is 29.8 Å². The lowest BCUT2D eigenvalue weighted by Crippen LogP contribution is -2.50. The van der Waals surface area contributed by atoms with Gasteiger partial charge in [-0.1, -0.05) is 18.2 Å². The number of methoxy groups -OCH3 is 1. The van der Waals surface area contributed by atoms with E-state index in [0.717, 1.165) is 83.7 Å².